The van der Waals surface area contributed by atoms with Crippen LogP contribution >= 0.6 is 0 Å². The van der Waals surface area contributed by atoms with Gasteiger partial charge in [-0.25, -0.2) is 0 Å². The minimum Gasteiger partial charge on any atom is -0.385 e. The molecule has 9 nitrogen and oxygen atoms in total. The van der Waals surface area contributed by atoms with Crippen LogP contribution in [-0.2, 0) is 20.6 Å². The molecule has 0 unspecified atom stereocenters. The fourth-order valence-corrected chi connectivity index (χ4v) is 2.02. The zero-order valence-electron chi connectivity index (χ0n) is 14.5. The second-order valence-electron chi connectivity index (χ2n) is 5.43. The lowest BCUT2D eigenvalue weighted by atomic mass is 10.2. The van der Waals surface area contributed by atoms with Crippen molar-refractivity contribution in [2.45, 2.75) is 6.18 Å². The summed E-state index contributed by atoms with van der Waals surface area (Å²) in [6, 6.07) is 9.19. The number of rotatable bonds is 7. The smallest absolute Gasteiger partial charge is 0.385 e. The Balaban J connectivity index is 1.81. The van der Waals surface area contributed by atoms with Crippen LogP contribution < -0.4 is 10.6 Å². The standard InChI is InChI=1S/C17H13F3N4O5/c18-17(19,20)11-3-1-4-12(7-11)22-15(25)9-21-29-10-16(26)23-13-5-2-6-14(8-13)24(27)28/h1-9H,10H2,(H,22,25)(H,23,26). The van der Waals surface area contributed by atoms with Crippen LogP contribution in [0.5, 0.6) is 0 Å². The Bertz CT molecular complexity index is 947. The zero-order chi connectivity index (χ0) is 21.4. The van der Waals surface area contributed by atoms with Crippen LogP contribution in [0.1, 0.15) is 5.56 Å². The van der Waals surface area contributed by atoms with Crippen LogP contribution in [0.2, 0.25) is 0 Å². The van der Waals surface area contributed by atoms with Crippen molar-refractivity contribution in [1.82, 2.24) is 0 Å². The fraction of sp³-hybridized carbons (Fsp3) is 0.118. The van der Waals surface area contributed by atoms with Crippen molar-refractivity contribution in [2.24, 2.45) is 5.16 Å². The minimum atomic E-state index is -4.55. The Morgan fingerprint density at radius 2 is 1.76 bits per heavy atom. The van der Waals surface area contributed by atoms with E-state index in [4.69, 9.17) is 0 Å². The van der Waals surface area contributed by atoms with Gasteiger partial charge in [-0.3, -0.25) is 19.7 Å². The van der Waals surface area contributed by atoms with Crippen LogP contribution in [0.25, 0.3) is 0 Å². The molecule has 0 aromatic heterocycles. The average molecular weight is 410 g/mol. The van der Waals surface area contributed by atoms with Crippen LogP contribution in [0.4, 0.5) is 30.2 Å². The molecule has 2 aromatic carbocycles. The molecule has 0 fully saturated rings. The summed E-state index contributed by atoms with van der Waals surface area (Å²) in [4.78, 5) is 38.0. The van der Waals surface area contributed by atoms with Gasteiger partial charge in [0.15, 0.2) is 6.61 Å². The van der Waals surface area contributed by atoms with E-state index in [9.17, 15) is 32.9 Å². The molecule has 0 radical (unpaired) electrons. The van der Waals surface area contributed by atoms with Crippen molar-refractivity contribution in [2.75, 3.05) is 17.2 Å². The third-order valence-corrected chi connectivity index (χ3v) is 3.24. The van der Waals surface area contributed by atoms with Gasteiger partial charge in [-0.1, -0.05) is 17.3 Å². The molecule has 0 saturated heterocycles. The second kappa shape index (κ2) is 9.30. The minimum absolute atomic E-state index is 0.0975. The van der Waals surface area contributed by atoms with Crippen LogP contribution in [0.3, 0.4) is 0 Å². The van der Waals surface area contributed by atoms with Gasteiger partial charge in [0.25, 0.3) is 17.5 Å². The Hall–Kier alpha value is -3.96. The lowest BCUT2D eigenvalue weighted by Crippen LogP contribution is -2.18. The SMILES string of the molecule is O=C(C=NOCC(=O)Nc1cccc([N+](=O)[O-])c1)Nc1cccc(C(F)(F)F)c1. The summed E-state index contributed by atoms with van der Waals surface area (Å²) in [5, 5.41) is 18.4. The maximum Gasteiger partial charge on any atom is 0.416 e. The van der Waals surface area contributed by atoms with E-state index in [1.165, 1.54) is 24.3 Å². The molecule has 0 heterocycles. The Morgan fingerprint density at radius 1 is 1.10 bits per heavy atom. The number of carbonyl (C=O) groups excluding carboxylic acids is 2. The second-order valence-corrected chi connectivity index (χ2v) is 5.43. The predicted molar refractivity (Wildman–Crippen MR) is 96.2 cm³/mol. The van der Waals surface area contributed by atoms with Crippen molar-refractivity contribution in [3.8, 4) is 0 Å². The summed E-state index contributed by atoms with van der Waals surface area (Å²) in [7, 11) is 0. The maximum absolute atomic E-state index is 12.6. The Kier molecular flexibility index (Phi) is 6.85. The first-order valence-corrected chi connectivity index (χ1v) is 7.83. The van der Waals surface area contributed by atoms with Gasteiger partial charge < -0.3 is 15.5 Å². The summed E-state index contributed by atoms with van der Waals surface area (Å²) in [6.45, 7) is -0.601. The lowest BCUT2D eigenvalue weighted by Gasteiger charge is -2.08. The third kappa shape index (κ3) is 6.93. The Morgan fingerprint density at radius 3 is 2.41 bits per heavy atom. The number of benzene rings is 2. The molecule has 0 aliphatic rings. The van der Waals surface area contributed by atoms with Crippen molar-refractivity contribution >= 4 is 35.1 Å². The molecule has 29 heavy (non-hydrogen) atoms. The quantitative estimate of drug-likeness (QED) is 0.412. The molecule has 0 spiro atoms. The van der Waals surface area contributed by atoms with E-state index in [1.54, 1.807) is 0 Å². The number of oxime groups is 1. The number of nitrogens with one attached hydrogen (secondary N) is 2. The molecule has 0 atom stereocenters. The van der Waals surface area contributed by atoms with Crippen molar-refractivity contribution in [3.05, 3.63) is 64.2 Å². The van der Waals surface area contributed by atoms with Gasteiger partial charge in [-0.15, -0.1) is 0 Å². The third-order valence-electron chi connectivity index (χ3n) is 3.24. The number of hydrogen-bond donors (Lipinski definition) is 2. The van der Waals surface area contributed by atoms with Gasteiger partial charge in [0.1, 0.15) is 6.21 Å². The highest BCUT2D eigenvalue weighted by atomic mass is 19.4. The van der Waals surface area contributed by atoms with E-state index in [0.717, 1.165) is 24.3 Å². The van der Waals surface area contributed by atoms with Crippen molar-refractivity contribution in [3.63, 3.8) is 0 Å². The molecular weight excluding hydrogens is 397 g/mol. The topological polar surface area (TPSA) is 123 Å². The number of nitrogens with zero attached hydrogens (tertiary/aromatic N) is 2. The predicted octanol–water partition coefficient (Wildman–Crippen LogP) is 3.19. The zero-order valence-corrected chi connectivity index (χ0v) is 14.5. The van der Waals surface area contributed by atoms with Gasteiger partial charge in [0, 0.05) is 23.5 Å². The number of hydrogen-bond acceptors (Lipinski definition) is 6. The monoisotopic (exact) mass is 410 g/mol. The average Bonchev–Trinajstić information content (AvgIpc) is 2.65. The summed E-state index contributed by atoms with van der Waals surface area (Å²) in [6.07, 6.45) is -3.91. The summed E-state index contributed by atoms with van der Waals surface area (Å²) < 4.78 is 37.9. The number of non-ortho nitro benzene ring substituents is 1. The highest BCUT2D eigenvalue weighted by Crippen LogP contribution is 2.30. The fourth-order valence-electron chi connectivity index (χ4n) is 2.02. The molecule has 152 valence electrons. The van der Waals surface area contributed by atoms with E-state index in [0.29, 0.717) is 6.21 Å². The molecule has 12 heteroatoms. The first-order valence-electron chi connectivity index (χ1n) is 7.83. The number of nitro groups is 1. The molecular formula is C17H13F3N4O5. The number of amides is 2. The molecule has 2 aromatic rings. The van der Waals surface area contributed by atoms with Gasteiger partial charge in [0.2, 0.25) is 0 Å². The number of nitro benzene ring substituents is 1. The van der Waals surface area contributed by atoms with E-state index in [2.05, 4.69) is 20.6 Å². The van der Waals surface area contributed by atoms with Gasteiger partial charge in [0.05, 0.1) is 10.5 Å². The largest absolute Gasteiger partial charge is 0.416 e. The van der Waals surface area contributed by atoms with E-state index in [1.807, 2.05) is 0 Å². The van der Waals surface area contributed by atoms with Crippen molar-refractivity contribution in [1.29, 1.82) is 0 Å². The van der Waals surface area contributed by atoms with E-state index < -0.39 is 35.1 Å². The summed E-state index contributed by atoms with van der Waals surface area (Å²) >= 11 is 0. The van der Waals surface area contributed by atoms with E-state index in [-0.39, 0.29) is 17.1 Å². The van der Waals surface area contributed by atoms with E-state index >= 15 is 0 Å². The van der Waals surface area contributed by atoms with Crippen molar-refractivity contribution < 1.29 is 32.5 Å². The normalized spacial score (nSPS) is 11.1. The molecule has 2 amide bonds. The number of carbonyl (C=O) groups is 2. The van der Waals surface area contributed by atoms with Crippen LogP contribution in [-0.4, -0.2) is 29.6 Å². The van der Waals surface area contributed by atoms with Crippen LogP contribution in [0, 0.1) is 10.1 Å². The first kappa shape index (κ1) is 21.3. The molecule has 0 aliphatic carbocycles. The molecule has 0 bridgehead atoms. The lowest BCUT2D eigenvalue weighted by molar-refractivity contribution is -0.384. The number of halogens is 3. The van der Waals surface area contributed by atoms with Crippen LogP contribution in [0.15, 0.2) is 53.7 Å². The summed E-state index contributed by atoms with van der Waals surface area (Å²) in [5.74, 6) is -1.57. The maximum atomic E-state index is 12.6. The first-order chi connectivity index (χ1) is 13.6. The van der Waals surface area contributed by atoms with Gasteiger partial charge >= 0.3 is 6.18 Å². The molecule has 0 saturated carbocycles. The Labute approximate surface area is 161 Å². The number of anilines is 2. The summed E-state index contributed by atoms with van der Waals surface area (Å²) in [5.41, 5.74) is -1.08. The van der Waals surface area contributed by atoms with Gasteiger partial charge in [-0.05, 0) is 24.3 Å². The molecule has 2 N–H and O–H groups in total. The molecule has 2 rings (SSSR count). The van der Waals surface area contributed by atoms with Gasteiger partial charge in [-0.2, -0.15) is 13.2 Å². The number of alkyl halides is 3. The highest BCUT2D eigenvalue weighted by molar-refractivity contribution is 6.31. The highest BCUT2D eigenvalue weighted by Gasteiger charge is 2.30. The molecule has 0 aliphatic heterocycles.